The number of morpholine rings is 1. The zero-order chi connectivity index (χ0) is 32.0. The molecule has 13 heteroatoms. The summed E-state index contributed by atoms with van der Waals surface area (Å²) in [6.45, 7) is 4.81. The van der Waals surface area contributed by atoms with Gasteiger partial charge in [0.25, 0.3) is 15.9 Å². The van der Waals surface area contributed by atoms with Gasteiger partial charge in [-0.3, -0.25) is 4.79 Å². The minimum atomic E-state index is -4.43. The van der Waals surface area contributed by atoms with Gasteiger partial charge in [-0.15, -0.1) is 0 Å². The Morgan fingerprint density at radius 1 is 0.956 bits per heavy atom. The molecule has 0 saturated carbocycles. The van der Waals surface area contributed by atoms with Crippen molar-refractivity contribution in [2.75, 3.05) is 26.3 Å². The lowest BCUT2D eigenvalue weighted by Gasteiger charge is -2.49. The van der Waals surface area contributed by atoms with Crippen molar-refractivity contribution in [3.63, 3.8) is 0 Å². The summed E-state index contributed by atoms with van der Waals surface area (Å²) in [7, 11) is -8.38. The smallest absolute Gasteiger partial charge is 0.265 e. The molecule has 45 heavy (non-hydrogen) atoms. The highest BCUT2D eigenvalue weighted by molar-refractivity contribution is 7.90. The van der Waals surface area contributed by atoms with Crippen molar-refractivity contribution in [2.45, 2.75) is 60.7 Å². The van der Waals surface area contributed by atoms with Gasteiger partial charge in [-0.2, -0.15) is 4.31 Å². The van der Waals surface area contributed by atoms with E-state index >= 15 is 0 Å². The Hall–Kier alpha value is -3.36. The third-order valence-corrected chi connectivity index (χ3v) is 11.9. The third kappa shape index (κ3) is 6.50. The summed E-state index contributed by atoms with van der Waals surface area (Å²) in [5.74, 6) is -0.655. The summed E-state index contributed by atoms with van der Waals surface area (Å²) < 4.78 is 87.6. The molecule has 0 aliphatic carbocycles. The Kier molecular flexibility index (Phi) is 8.50. The Morgan fingerprint density at radius 3 is 2.40 bits per heavy atom. The molecule has 2 saturated heterocycles. The molecular weight excluding hydrogens is 623 g/mol. The molecule has 6 rings (SSSR count). The van der Waals surface area contributed by atoms with Crippen molar-refractivity contribution in [3.8, 4) is 5.75 Å². The fourth-order valence-corrected chi connectivity index (χ4v) is 8.81. The Bertz CT molecular complexity index is 1810. The highest BCUT2D eigenvalue weighted by Gasteiger charge is 2.47. The maximum absolute atomic E-state index is 13.4. The van der Waals surface area contributed by atoms with Gasteiger partial charge in [0, 0.05) is 30.1 Å². The molecular formula is C32H35FN2O8S2. The van der Waals surface area contributed by atoms with Crippen LogP contribution in [0.5, 0.6) is 5.75 Å². The van der Waals surface area contributed by atoms with E-state index in [0.29, 0.717) is 17.7 Å². The SMILES string of the molecule is CC1(C)Oc2ccc(C(=O)NS(=O)(=O)c3cccc(S(=O)(=O)N4CCOCC4)c3)cc2[C@@H]2O[C@H](Cc3ccc(F)cc3)CC[C@H]21. The minimum absolute atomic E-state index is 0.0207. The number of nitrogens with one attached hydrogen (secondary N) is 1. The van der Waals surface area contributed by atoms with Crippen molar-refractivity contribution >= 4 is 26.0 Å². The molecule has 1 amide bonds. The molecule has 3 aliphatic heterocycles. The van der Waals surface area contributed by atoms with Crippen LogP contribution in [0.2, 0.25) is 0 Å². The molecule has 0 radical (unpaired) electrons. The Morgan fingerprint density at radius 2 is 1.67 bits per heavy atom. The second-order valence-electron chi connectivity index (χ2n) is 12.1. The van der Waals surface area contributed by atoms with E-state index < -0.39 is 37.7 Å². The number of nitrogens with zero attached hydrogens (tertiary/aromatic N) is 1. The van der Waals surface area contributed by atoms with Crippen LogP contribution in [0.1, 0.15) is 54.3 Å². The van der Waals surface area contributed by atoms with Crippen LogP contribution < -0.4 is 9.46 Å². The molecule has 0 unspecified atom stereocenters. The standard InChI is InChI=1S/C32H35FN2O8S2/c1-32(2)28-12-11-24(18-21-6-9-23(33)10-7-21)42-30(28)27-19-22(8-13-29(27)43-32)31(36)34-44(37,38)25-4-3-5-26(20-25)45(39,40)35-14-16-41-17-15-35/h3-10,13,19-20,24,28,30H,11-12,14-18H2,1-2H3,(H,34,36)/t24-,28+,30-/m0/s1. The number of rotatable bonds is 7. The van der Waals surface area contributed by atoms with Gasteiger partial charge in [0.15, 0.2) is 0 Å². The first-order chi connectivity index (χ1) is 21.3. The zero-order valence-corrected chi connectivity index (χ0v) is 26.6. The number of halogens is 1. The molecule has 2 fully saturated rings. The number of carbonyl (C=O) groups excluding carboxylic acids is 1. The number of benzene rings is 3. The molecule has 3 aromatic rings. The summed E-state index contributed by atoms with van der Waals surface area (Å²) in [4.78, 5) is 12.8. The second-order valence-corrected chi connectivity index (χ2v) is 15.7. The number of amides is 1. The van der Waals surface area contributed by atoms with Gasteiger partial charge in [0.2, 0.25) is 10.0 Å². The number of fused-ring (bicyclic) bond motifs is 3. The lowest BCUT2D eigenvalue weighted by Crippen LogP contribution is -2.48. The van der Waals surface area contributed by atoms with Crippen LogP contribution in [0.25, 0.3) is 0 Å². The monoisotopic (exact) mass is 658 g/mol. The van der Waals surface area contributed by atoms with Gasteiger partial charge in [-0.25, -0.2) is 25.9 Å². The zero-order valence-electron chi connectivity index (χ0n) is 24.9. The Labute approximate surface area is 262 Å². The molecule has 1 N–H and O–H groups in total. The van der Waals surface area contributed by atoms with E-state index in [0.717, 1.165) is 24.5 Å². The van der Waals surface area contributed by atoms with E-state index in [-0.39, 0.29) is 59.5 Å². The van der Waals surface area contributed by atoms with Gasteiger partial charge < -0.3 is 14.2 Å². The van der Waals surface area contributed by atoms with Crippen LogP contribution in [-0.4, -0.2) is 65.1 Å². The van der Waals surface area contributed by atoms with Gasteiger partial charge in [-0.05, 0) is 87.2 Å². The maximum atomic E-state index is 13.4. The van der Waals surface area contributed by atoms with Gasteiger partial charge >= 0.3 is 0 Å². The first-order valence-electron chi connectivity index (χ1n) is 14.8. The van der Waals surface area contributed by atoms with Crippen molar-refractivity contribution in [1.82, 2.24) is 9.03 Å². The quantitative estimate of drug-likeness (QED) is 0.400. The highest BCUT2D eigenvalue weighted by atomic mass is 32.2. The summed E-state index contributed by atoms with van der Waals surface area (Å²) in [5, 5.41) is 0. The lowest BCUT2D eigenvalue weighted by molar-refractivity contribution is -0.149. The van der Waals surface area contributed by atoms with E-state index in [4.69, 9.17) is 14.2 Å². The van der Waals surface area contributed by atoms with E-state index in [1.54, 1.807) is 24.3 Å². The van der Waals surface area contributed by atoms with E-state index in [1.807, 2.05) is 13.8 Å². The highest BCUT2D eigenvalue weighted by Crippen LogP contribution is 2.51. The summed E-state index contributed by atoms with van der Waals surface area (Å²) in [5.41, 5.74) is 1.14. The van der Waals surface area contributed by atoms with Crippen LogP contribution in [-0.2, 0) is 35.9 Å². The minimum Gasteiger partial charge on any atom is -0.487 e. The first-order valence-corrected chi connectivity index (χ1v) is 17.7. The van der Waals surface area contributed by atoms with E-state index in [1.165, 1.54) is 40.7 Å². The summed E-state index contributed by atoms with van der Waals surface area (Å²) in [6, 6.07) is 16.0. The van der Waals surface area contributed by atoms with Gasteiger partial charge in [0.05, 0.1) is 35.2 Å². The summed E-state index contributed by atoms with van der Waals surface area (Å²) >= 11 is 0. The molecule has 0 aromatic heterocycles. The van der Waals surface area contributed by atoms with Crippen LogP contribution in [0, 0.1) is 11.7 Å². The largest absolute Gasteiger partial charge is 0.487 e. The second kappa shape index (κ2) is 12.1. The fourth-order valence-electron chi connectivity index (χ4n) is 6.26. The number of carbonyl (C=O) groups is 1. The molecule has 0 bridgehead atoms. The Balaban J connectivity index is 1.23. The fraction of sp³-hybridized carbons (Fsp3) is 0.406. The molecule has 3 aliphatic rings. The normalized spacial score (nSPS) is 23.3. The molecule has 3 heterocycles. The number of hydrogen-bond donors (Lipinski definition) is 1. The van der Waals surface area contributed by atoms with Crippen molar-refractivity contribution < 1.29 is 40.2 Å². The molecule has 10 nitrogen and oxygen atoms in total. The van der Waals surface area contributed by atoms with Crippen molar-refractivity contribution in [2.24, 2.45) is 5.92 Å². The molecule has 3 atom stereocenters. The number of hydrogen-bond acceptors (Lipinski definition) is 8. The lowest BCUT2D eigenvalue weighted by atomic mass is 9.74. The van der Waals surface area contributed by atoms with Crippen molar-refractivity contribution in [3.05, 3.63) is 89.2 Å². The summed E-state index contributed by atoms with van der Waals surface area (Å²) in [6.07, 6.45) is 1.63. The van der Waals surface area contributed by atoms with Crippen LogP contribution in [0.4, 0.5) is 4.39 Å². The first kappa shape index (κ1) is 31.6. The van der Waals surface area contributed by atoms with Gasteiger partial charge in [0.1, 0.15) is 17.2 Å². The molecule has 0 spiro atoms. The predicted molar refractivity (Wildman–Crippen MR) is 162 cm³/mol. The van der Waals surface area contributed by atoms with E-state index in [2.05, 4.69) is 4.72 Å². The topological polar surface area (TPSA) is 128 Å². The van der Waals surface area contributed by atoms with Crippen LogP contribution in [0.15, 0.2) is 76.5 Å². The van der Waals surface area contributed by atoms with E-state index in [9.17, 15) is 26.0 Å². The molecule has 3 aromatic carbocycles. The van der Waals surface area contributed by atoms with Crippen LogP contribution in [0.3, 0.4) is 0 Å². The number of sulfonamides is 2. The number of ether oxygens (including phenoxy) is 3. The van der Waals surface area contributed by atoms with Gasteiger partial charge in [-0.1, -0.05) is 18.2 Å². The predicted octanol–water partition coefficient (Wildman–Crippen LogP) is 4.22. The average Bonchev–Trinajstić information content (AvgIpc) is 3.02. The maximum Gasteiger partial charge on any atom is 0.265 e. The van der Waals surface area contributed by atoms with Crippen LogP contribution >= 0.6 is 0 Å². The van der Waals surface area contributed by atoms with Crippen molar-refractivity contribution in [1.29, 1.82) is 0 Å². The third-order valence-electron chi connectivity index (χ3n) is 8.68. The average molecular weight is 659 g/mol. The molecule has 240 valence electrons.